The van der Waals surface area contributed by atoms with Gasteiger partial charge in [-0.3, -0.25) is 9.69 Å². The van der Waals surface area contributed by atoms with Crippen LogP contribution in [0.3, 0.4) is 0 Å². The van der Waals surface area contributed by atoms with E-state index in [-0.39, 0.29) is 17.8 Å². The van der Waals surface area contributed by atoms with Crippen molar-refractivity contribution in [3.63, 3.8) is 0 Å². The molecule has 118 valence electrons. The Kier molecular flexibility index (Phi) is 7.98. The van der Waals surface area contributed by atoms with Crippen molar-refractivity contribution in [3.05, 3.63) is 35.6 Å². The van der Waals surface area contributed by atoms with E-state index >= 15 is 0 Å². The van der Waals surface area contributed by atoms with E-state index in [9.17, 15) is 9.18 Å². The Morgan fingerprint density at radius 1 is 1.29 bits per heavy atom. The van der Waals surface area contributed by atoms with E-state index in [4.69, 9.17) is 0 Å². The summed E-state index contributed by atoms with van der Waals surface area (Å²) in [5.74, 6) is -0.166. The number of likely N-dealkylation sites (N-methyl/N-ethyl adjacent to an activating group) is 1. The fraction of sp³-hybridized carbons (Fsp3) is 0.588. The molecule has 1 rings (SSSR count). The third kappa shape index (κ3) is 6.25. The molecule has 0 aliphatic heterocycles. The topological polar surface area (TPSA) is 32.3 Å². The highest BCUT2D eigenvalue weighted by Crippen LogP contribution is 2.04. The number of hydrogen-bond donors (Lipinski definition) is 1. The molecule has 1 unspecified atom stereocenters. The molecule has 0 aliphatic rings. The molecule has 0 aromatic heterocycles. The minimum absolute atomic E-state index is 0.0649. The summed E-state index contributed by atoms with van der Waals surface area (Å²) in [5.41, 5.74) is 1.03. The number of rotatable bonds is 9. The molecule has 4 heteroatoms. The average molecular weight is 294 g/mol. The van der Waals surface area contributed by atoms with Crippen LogP contribution in [0.25, 0.3) is 0 Å². The number of nitrogens with zero attached hydrogens (tertiary/aromatic N) is 1. The second-order valence-corrected chi connectivity index (χ2v) is 5.33. The zero-order valence-corrected chi connectivity index (χ0v) is 13.4. The molecule has 1 aromatic carbocycles. The molecular formula is C17H27FN2O. The minimum atomic E-state index is -0.231. The van der Waals surface area contributed by atoms with E-state index in [1.807, 2.05) is 6.92 Å². The van der Waals surface area contributed by atoms with Crippen LogP contribution in [-0.4, -0.2) is 36.5 Å². The van der Waals surface area contributed by atoms with Gasteiger partial charge in [0.2, 0.25) is 5.91 Å². The van der Waals surface area contributed by atoms with E-state index < -0.39 is 0 Å². The Morgan fingerprint density at radius 2 is 1.95 bits per heavy atom. The van der Waals surface area contributed by atoms with Crippen LogP contribution < -0.4 is 5.32 Å². The Morgan fingerprint density at radius 3 is 2.52 bits per heavy atom. The third-order valence-electron chi connectivity index (χ3n) is 3.76. The van der Waals surface area contributed by atoms with Gasteiger partial charge in [0.1, 0.15) is 5.82 Å². The SMILES string of the molecule is CCCCN(CC)C(C)C(=O)NCCc1ccc(F)cc1. The Bertz CT molecular complexity index is 419. The van der Waals surface area contributed by atoms with Crippen LogP contribution in [0.2, 0.25) is 0 Å². The van der Waals surface area contributed by atoms with E-state index in [0.717, 1.165) is 37.9 Å². The Balaban J connectivity index is 2.36. The maximum Gasteiger partial charge on any atom is 0.237 e. The van der Waals surface area contributed by atoms with Crippen LogP contribution in [0, 0.1) is 5.82 Å². The lowest BCUT2D eigenvalue weighted by atomic mass is 10.1. The van der Waals surface area contributed by atoms with Gasteiger partial charge in [-0.05, 0) is 50.6 Å². The lowest BCUT2D eigenvalue weighted by Crippen LogP contribution is -2.45. The summed E-state index contributed by atoms with van der Waals surface area (Å²) >= 11 is 0. The normalized spacial score (nSPS) is 12.4. The van der Waals surface area contributed by atoms with Gasteiger partial charge in [0.25, 0.3) is 0 Å². The summed E-state index contributed by atoms with van der Waals surface area (Å²) in [7, 11) is 0. The van der Waals surface area contributed by atoms with Crippen molar-refractivity contribution >= 4 is 5.91 Å². The smallest absolute Gasteiger partial charge is 0.237 e. The minimum Gasteiger partial charge on any atom is -0.354 e. The van der Waals surface area contributed by atoms with E-state index in [1.54, 1.807) is 12.1 Å². The predicted molar refractivity (Wildman–Crippen MR) is 84.7 cm³/mol. The maximum absolute atomic E-state index is 12.8. The fourth-order valence-electron chi connectivity index (χ4n) is 2.28. The highest BCUT2D eigenvalue weighted by Gasteiger charge is 2.18. The van der Waals surface area contributed by atoms with E-state index in [2.05, 4.69) is 24.1 Å². The van der Waals surface area contributed by atoms with Gasteiger partial charge in [-0.25, -0.2) is 4.39 Å². The summed E-state index contributed by atoms with van der Waals surface area (Å²) < 4.78 is 12.8. The summed E-state index contributed by atoms with van der Waals surface area (Å²) in [6.07, 6.45) is 2.97. The molecule has 1 N–H and O–H groups in total. The lowest BCUT2D eigenvalue weighted by Gasteiger charge is -2.26. The summed E-state index contributed by atoms with van der Waals surface area (Å²) in [5, 5.41) is 2.96. The van der Waals surface area contributed by atoms with Crippen LogP contribution in [0.4, 0.5) is 4.39 Å². The van der Waals surface area contributed by atoms with Gasteiger partial charge in [-0.15, -0.1) is 0 Å². The van der Waals surface area contributed by atoms with Gasteiger partial charge >= 0.3 is 0 Å². The van der Waals surface area contributed by atoms with Crippen molar-refractivity contribution in [2.75, 3.05) is 19.6 Å². The number of benzene rings is 1. The van der Waals surface area contributed by atoms with Gasteiger partial charge in [0.05, 0.1) is 6.04 Å². The molecule has 0 heterocycles. The second kappa shape index (κ2) is 9.50. The molecule has 1 amide bonds. The zero-order chi connectivity index (χ0) is 15.7. The van der Waals surface area contributed by atoms with Crippen molar-refractivity contribution in [1.82, 2.24) is 10.2 Å². The third-order valence-corrected chi connectivity index (χ3v) is 3.76. The van der Waals surface area contributed by atoms with Crippen molar-refractivity contribution in [3.8, 4) is 0 Å². The van der Waals surface area contributed by atoms with Crippen molar-refractivity contribution in [2.45, 2.75) is 46.1 Å². The molecule has 0 aliphatic carbocycles. The number of nitrogens with one attached hydrogen (secondary N) is 1. The average Bonchev–Trinajstić information content (AvgIpc) is 2.49. The van der Waals surface area contributed by atoms with Crippen LogP contribution >= 0.6 is 0 Å². The van der Waals surface area contributed by atoms with Crippen LogP contribution in [-0.2, 0) is 11.2 Å². The first-order chi connectivity index (χ1) is 10.1. The second-order valence-electron chi connectivity index (χ2n) is 5.33. The van der Waals surface area contributed by atoms with Gasteiger partial charge in [-0.2, -0.15) is 0 Å². The standard InChI is InChI=1S/C17H27FN2O/c1-4-6-13-20(5-2)14(3)17(21)19-12-11-15-7-9-16(18)10-8-15/h7-10,14H,4-6,11-13H2,1-3H3,(H,19,21). The molecule has 1 atom stereocenters. The lowest BCUT2D eigenvalue weighted by molar-refractivity contribution is -0.125. The van der Waals surface area contributed by atoms with Crippen LogP contribution in [0.5, 0.6) is 0 Å². The summed E-state index contributed by atoms with van der Waals surface area (Å²) in [4.78, 5) is 14.3. The molecule has 21 heavy (non-hydrogen) atoms. The molecule has 0 spiro atoms. The molecule has 0 saturated heterocycles. The van der Waals surface area contributed by atoms with Gasteiger partial charge in [-0.1, -0.05) is 32.4 Å². The number of halogens is 1. The molecular weight excluding hydrogens is 267 g/mol. The molecule has 0 radical (unpaired) electrons. The van der Waals surface area contributed by atoms with Crippen molar-refractivity contribution < 1.29 is 9.18 Å². The summed E-state index contributed by atoms with van der Waals surface area (Å²) in [6, 6.07) is 6.30. The monoisotopic (exact) mass is 294 g/mol. The number of carbonyl (C=O) groups excluding carboxylic acids is 1. The highest BCUT2D eigenvalue weighted by atomic mass is 19.1. The van der Waals surface area contributed by atoms with E-state index in [0.29, 0.717) is 6.54 Å². The van der Waals surface area contributed by atoms with Crippen LogP contribution in [0.15, 0.2) is 24.3 Å². The zero-order valence-electron chi connectivity index (χ0n) is 13.4. The Labute approximate surface area is 127 Å². The van der Waals surface area contributed by atoms with Crippen molar-refractivity contribution in [2.24, 2.45) is 0 Å². The van der Waals surface area contributed by atoms with Gasteiger partial charge < -0.3 is 5.32 Å². The largest absolute Gasteiger partial charge is 0.354 e. The van der Waals surface area contributed by atoms with Crippen LogP contribution in [0.1, 0.15) is 39.2 Å². The number of carbonyl (C=O) groups is 1. The molecule has 0 saturated carbocycles. The van der Waals surface area contributed by atoms with E-state index in [1.165, 1.54) is 12.1 Å². The maximum atomic E-state index is 12.8. The number of hydrogen-bond acceptors (Lipinski definition) is 2. The first-order valence-corrected chi connectivity index (χ1v) is 7.84. The first-order valence-electron chi connectivity index (χ1n) is 7.84. The Hall–Kier alpha value is -1.42. The summed E-state index contributed by atoms with van der Waals surface area (Å²) in [6.45, 7) is 8.61. The van der Waals surface area contributed by atoms with Crippen molar-refractivity contribution in [1.29, 1.82) is 0 Å². The quantitative estimate of drug-likeness (QED) is 0.759. The molecule has 0 bridgehead atoms. The number of unbranched alkanes of at least 4 members (excludes halogenated alkanes) is 1. The molecule has 1 aromatic rings. The predicted octanol–water partition coefficient (Wildman–Crippen LogP) is 2.99. The van der Waals surface area contributed by atoms with Gasteiger partial charge in [0.15, 0.2) is 0 Å². The molecule has 0 fully saturated rings. The fourth-order valence-corrected chi connectivity index (χ4v) is 2.28. The number of amides is 1. The van der Waals surface area contributed by atoms with Gasteiger partial charge in [0, 0.05) is 6.54 Å². The highest BCUT2D eigenvalue weighted by molar-refractivity contribution is 5.81. The molecule has 3 nitrogen and oxygen atoms in total. The first kappa shape index (κ1) is 17.6.